The minimum Gasteiger partial charge on any atom is -0.450 e. The van der Waals surface area contributed by atoms with Crippen LogP contribution < -0.4 is 10.6 Å². The number of hydrogen-bond acceptors (Lipinski definition) is 3. The van der Waals surface area contributed by atoms with E-state index in [1.165, 1.54) is 56.2 Å². The minimum atomic E-state index is -0.681. The molecule has 0 aromatic heterocycles. The van der Waals surface area contributed by atoms with Crippen LogP contribution in [-0.2, 0) is 4.74 Å². The molecule has 1 aliphatic rings. The Kier molecular flexibility index (Phi) is 8.10. The number of benzene rings is 1. The van der Waals surface area contributed by atoms with E-state index in [0.717, 1.165) is 12.8 Å². The molecule has 0 saturated heterocycles. The average Bonchev–Trinajstić information content (AvgIpc) is 2.64. The van der Waals surface area contributed by atoms with Crippen molar-refractivity contribution in [3.8, 4) is 0 Å². The molecule has 2 N–H and O–H groups in total. The molecule has 1 aromatic rings. The number of anilines is 1. The molecule has 2 rings (SSSR count). The second-order valence-corrected chi connectivity index (χ2v) is 7.29. The minimum absolute atomic E-state index is 0.395. The van der Waals surface area contributed by atoms with E-state index in [1.807, 2.05) is 0 Å². The number of amides is 1. The number of unbranched alkanes of at least 4 members (excludes halogenated alkanes) is 1. The van der Waals surface area contributed by atoms with Gasteiger partial charge in [0.2, 0.25) is 0 Å². The first-order chi connectivity index (χ1) is 12.1. The van der Waals surface area contributed by atoms with Crippen LogP contribution in [0.15, 0.2) is 24.3 Å². The maximum Gasteiger partial charge on any atom is 0.404 e. The van der Waals surface area contributed by atoms with Gasteiger partial charge in [-0.05, 0) is 49.3 Å². The molecule has 1 amide bonds. The molecule has 25 heavy (non-hydrogen) atoms. The van der Waals surface area contributed by atoms with E-state index in [1.54, 1.807) is 0 Å². The average molecular weight is 347 g/mol. The van der Waals surface area contributed by atoms with Gasteiger partial charge in [0.1, 0.15) is 0 Å². The van der Waals surface area contributed by atoms with Gasteiger partial charge in [-0.3, -0.25) is 0 Å². The number of primary amides is 1. The van der Waals surface area contributed by atoms with Crippen molar-refractivity contribution in [1.29, 1.82) is 0 Å². The van der Waals surface area contributed by atoms with E-state index in [0.29, 0.717) is 18.6 Å². The Morgan fingerprint density at radius 3 is 2.72 bits per heavy atom. The molecule has 1 aromatic carbocycles. The highest BCUT2D eigenvalue weighted by Crippen LogP contribution is 2.31. The first kappa shape index (κ1) is 19.6. The standard InChI is InChI=1S/C21H34N2O2/c1-3-4-9-17(14-15-25-21(22)24)18-10-8-13-20(16-18)23(2)19-11-6-5-7-12-19/h8,10,13,16-17,19H,3-7,9,11-12,14-15H2,1-2H3,(H2,22,24). The maximum atomic E-state index is 10.8. The fraction of sp³-hybridized carbons (Fsp3) is 0.667. The third-order valence-electron chi connectivity index (χ3n) is 5.49. The van der Waals surface area contributed by atoms with Crippen molar-refractivity contribution >= 4 is 11.8 Å². The Hall–Kier alpha value is -1.71. The number of rotatable bonds is 9. The SMILES string of the molecule is CCCCC(CCOC(N)=O)c1cccc(N(C)C2CCCCC2)c1. The summed E-state index contributed by atoms with van der Waals surface area (Å²) in [7, 11) is 2.23. The third-order valence-corrected chi connectivity index (χ3v) is 5.49. The summed E-state index contributed by atoms with van der Waals surface area (Å²) in [6.07, 6.45) is 10.3. The van der Waals surface area contributed by atoms with E-state index in [2.05, 4.69) is 43.1 Å². The molecular weight excluding hydrogens is 312 g/mol. The lowest BCUT2D eigenvalue weighted by atomic mass is 9.90. The Morgan fingerprint density at radius 1 is 1.28 bits per heavy atom. The first-order valence-electron chi connectivity index (χ1n) is 9.86. The quantitative estimate of drug-likeness (QED) is 0.667. The summed E-state index contributed by atoms with van der Waals surface area (Å²) in [6.45, 7) is 2.61. The van der Waals surface area contributed by atoms with Crippen molar-refractivity contribution in [3.63, 3.8) is 0 Å². The van der Waals surface area contributed by atoms with E-state index in [-0.39, 0.29) is 0 Å². The van der Waals surface area contributed by atoms with Crippen LogP contribution in [0.5, 0.6) is 0 Å². The number of carbonyl (C=O) groups is 1. The molecule has 0 bridgehead atoms. The van der Waals surface area contributed by atoms with Crippen LogP contribution in [0.3, 0.4) is 0 Å². The summed E-state index contributed by atoms with van der Waals surface area (Å²) in [5.41, 5.74) is 7.75. The van der Waals surface area contributed by atoms with Gasteiger partial charge in [0, 0.05) is 18.8 Å². The highest BCUT2D eigenvalue weighted by atomic mass is 16.5. The lowest BCUT2D eigenvalue weighted by Gasteiger charge is -2.33. The summed E-state index contributed by atoms with van der Waals surface area (Å²) >= 11 is 0. The van der Waals surface area contributed by atoms with E-state index >= 15 is 0 Å². The number of nitrogens with zero attached hydrogens (tertiary/aromatic N) is 1. The van der Waals surface area contributed by atoms with Crippen LogP contribution in [0, 0.1) is 0 Å². The van der Waals surface area contributed by atoms with Crippen molar-refractivity contribution < 1.29 is 9.53 Å². The van der Waals surface area contributed by atoms with Gasteiger partial charge in [0.05, 0.1) is 6.61 Å². The number of carbonyl (C=O) groups excluding carboxylic acids is 1. The fourth-order valence-electron chi connectivity index (χ4n) is 3.91. The Morgan fingerprint density at radius 2 is 2.04 bits per heavy atom. The summed E-state index contributed by atoms with van der Waals surface area (Å²) < 4.78 is 4.98. The highest BCUT2D eigenvalue weighted by molar-refractivity contribution is 5.64. The fourth-order valence-corrected chi connectivity index (χ4v) is 3.91. The summed E-state index contributed by atoms with van der Waals surface area (Å²) in [5, 5.41) is 0. The van der Waals surface area contributed by atoms with Crippen LogP contribution in [0.4, 0.5) is 10.5 Å². The summed E-state index contributed by atoms with van der Waals surface area (Å²) in [4.78, 5) is 13.3. The van der Waals surface area contributed by atoms with Crippen LogP contribution in [-0.4, -0.2) is 25.8 Å². The molecule has 4 heteroatoms. The van der Waals surface area contributed by atoms with Crippen molar-refractivity contribution in [2.24, 2.45) is 5.73 Å². The van der Waals surface area contributed by atoms with Gasteiger partial charge in [-0.2, -0.15) is 0 Å². The molecule has 1 unspecified atom stereocenters. The predicted molar refractivity (Wildman–Crippen MR) is 104 cm³/mol. The summed E-state index contributed by atoms with van der Waals surface area (Å²) in [5.74, 6) is 0.416. The Labute approximate surface area is 152 Å². The van der Waals surface area contributed by atoms with Gasteiger partial charge < -0.3 is 15.4 Å². The van der Waals surface area contributed by atoms with Gasteiger partial charge in [0.15, 0.2) is 0 Å². The topological polar surface area (TPSA) is 55.6 Å². The highest BCUT2D eigenvalue weighted by Gasteiger charge is 2.19. The van der Waals surface area contributed by atoms with Crippen molar-refractivity contribution in [2.45, 2.75) is 76.7 Å². The maximum absolute atomic E-state index is 10.8. The van der Waals surface area contributed by atoms with Crippen molar-refractivity contribution in [3.05, 3.63) is 29.8 Å². The van der Waals surface area contributed by atoms with Gasteiger partial charge in [-0.1, -0.05) is 51.2 Å². The predicted octanol–water partition coefficient (Wildman–Crippen LogP) is 5.21. The molecule has 1 aliphatic carbocycles. The Bertz CT molecular complexity index is 526. The molecule has 0 aliphatic heterocycles. The second-order valence-electron chi connectivity index (χ2n) is 7.29. The molecule has 1 atom stereocenters. The zero-order chi connectivity index (χ0) is 18.1. The van der Waals surface area contributed by atoms with Crippen LogP contribution >= 0.6 is 0 Å². The van der Waals surface area contributed by atoms with Crippen LogP contribution in [0.2, 0.25) is 0 Å². The molecule has 4 nitrogen and oxygen atoms in total. The van der Waals surface area contributed by atoms with E-state index < -0.39 is 6.09 Å². The van der Waals surface area contributed by atoms with E-state index in [9.17, 15) is 4.79 Å². The molecule has 140 valence electrons. The lowest BCUT2D eigenvalue weighted by molar-refractivity contribution is 0.152. The van der Waals surface area contributed by atoms with Gasteiger partial charge in [-0.15, -0.1) is 0 Å². The van der Waals surface area contributed by atoms with Gasteiger partial charge >= 0.3 is 6.09 Å². The zero-order valence-electron chi connectivity index (χ0n) is 15.9. The monoisotopic (exact) mass is 346 g/mol. The molecule has 1 saturated carbocycles. The van der Waals surface area contributed by atoms with Crippen LogP contribution in [0.25, 0.3) is 0 Å². The lowest BCUT2D eigenvalue weighted by Crippen LogP contribution is -2.33. The Balaban J connectivity index is 2.06. The third kappa shape index (κ3) is 6.26. The smallest absolute Gasteiger partial charge is 0.404 e. The number of ether oxygens (including phenoxy) is 1. The zero-order valence-corrected chi connectivity index (χ0v) is 15.9. The second kappa shape index (κ2) is 10.3. The first-order valence-corrected chi connectivity index (χ1v) is 9.86. The molecule has 1 fully saturated rings. The normalized spacial score (nSPS) is 16.4. The van der Waals surface area contributed by atoms with Crippen molar-refractivity contribution in [1.82, 2.24) is 0 Å². The van der Waals surface area contributed by atoms with Crippen molar-refractivity contribution in [2.75, 3.05) is 18.6 Å². The number of hydrogen-bond donors (Lipinski definition) is 1. The molecule has 0 heterocycles. The molecule has 0 radical (unpaired) electrons. The largest absolute Gasteiger partial charge is 0.450 e. The number of nitrogens with two attached hydrogens (primary N) is 1. The summed E-state index contributed by atoms with van der Waals surface area (Å²) in [6, 6.07) is 9.59. The van der Waals surface area contributed by atoms with Gasteiger partial charge in [-0.25, -0.2) is 4.79 Å². The molecule has 0 spiro atoms. The van der Waals surface area contributed by atoms with Gasteiger partial charge in [0.25, 0.3) is 0 Å². The molecular formula is C21H34N2O2. The van der Waals surface area contributed by atoms with E-state index in [4.69, 9.17) is 10.5 Å². The van der Waals surface area contributed by atoms with Crippen LogP contribution in [0.1, 0.15) is 76.2 Å².